The van der Waals surface area contributed by atoms with Crippen molar-refractivity contribution in [3.8, 4) is 6.07 Å². The van der Waals surface area contributed by atoms with Gasteiger partial charge in [0, 0.05) is 41.3 Å². The number of carbonyl (C=O) groups excluding carboxylic acids is 1. The van der Waals surface area contributed by atoms with Gasteiger partial charge in [-0.05, 0) is 29.8 Å². The highest BCUT2D eigenvalue weighted by Crippen LogP contribution is 2.27. The Morgan fingerprint density at radius 3 is 2.60 bits per heavy atom. The maximum Gasteiger partial charge on any atom is 0.269 e. The van der Waals surface area contributed by atoms with Gasteiger partial charge in [0.25, 0.3) is 11.6 Å². The van der Waals surface area contributed by atoms with E-state index >= 15 is 0 Å². The topological polar surface area (TPSA) is 114 Å². The summed E-state index contributed by atoms with van der Waals surface area (Å²) in [6, 6.07) is 23.6. The lowest BCUT2D eigenvalue weighted by Crippen LogP contribution is -2.13. The van der Waals surface area contributed by atoms with Crippen LogP contribution in [0.2, 0.25) is 0 Å². The highest BCUT2D eigenvalue weighted by Gasteiger charge is 2.15. The Hall–Kier alpha value is -4.81. The predicted octanol–water partition coefficient (Wildman–Crippen LogP) is 5.75. The van der Waals surface area contributed by atoms with Crippen LogP contribution < -0.4 is 5.32 Å². The number of hydrogen-bond acceptors (Lipinski definition) is 6. The van der Waals surface area contributed by atoms with Crippen molar-refractivity contribution in [3.63, 3.8) is 0 Å². The summed E-state index contributed by atoms with van der Waals surface area (Å²) in [5.41, 5.74) is 3.31. The molecule has 8 nitrogen and oxygen atoms in total. The molecule has 0 fully saturated rings. The molecule has 0 atom stereocenters. The first kappa shape index (κ1) is 22.0. The number of carbonyl (C=O) groups is 1. The molecule has 0 spiro atoms. The van der Waals surface area contributed by atoms with Gasteiger partial charge in [-0.1, -0.05) is 53.8 Å². The van der Waals surface area contributed by atoms with Crippen molar-refractivity contribution in [1.29, 1.82) is 5.26 Å². The highest BCUT2D eigenvalue weighted by molar-refractivity contribution is 7.22. The minimum atomic E-state index is -0.529. The smallest absolute Gasteiger partial charge is 0.269 e. The highest BCUT2D eigenvalue weighted by atomic mass is 32.1. The summed E-state index contributed by atoms with van der Waals surface area (Å²) < 4.78 is 2.93. The Morgan fingerprint density at radius 2 is 1.86 bits per heavy atom. The lowest BCUT2D eigenvalue weighted by Gasteiger charge is -2.05. The van der Waals surface area contributed by atoms with Crippen molar-refractivity contribution in [2.75, 3.05) is 5.32 Å². The van der Waals surface area contributed by atoms with Crippen molar-refractivity contribution in [1.82, 2.24) is 9.55 Å². The molecule has 0 bridgehead atoms. The van der Waals surface area contributed by atoms with Crippen LogP contribution in [0.25, 0.3) is 27.2 Å². The minimum Gasteiger partial charge on any atom is -0.342 e. The minimum absolute atomic E-state index is 0.0348. The normalized spacial score (nSPS) is 11.5. The van der Waals surface area contributed by atoms with E-state index in [9.17, 15) is 20.2 Å². The SMILES string of the molecule is N#C/C(=C\c1cn(Cc2ccc([N+](=O)[O-])cc2)c2ccccc12)C(=O)Nc1nc2ccccc2s1. The Bertz CT molecular complexity index is 1630. The summed E-state index contributed by atoms with van der Waals surface area (Å²) in [5.74, 6) is -0.529. The molecule has 5 aromatic rings. The van der Waals surface area contributed by atoms with Crippen LogP contribution in [0.5, 0.6) is 0 Å². The second-order valence-corrected chi connectivity index (χ2v) is 8.79. The number of fused-ring (bicyclic) bond motifs is 2. The van der Waals surface area contributed by atoms with E-state index in [0.29, 0.717) is 11.7 Å². The summed E-state index contributed by atoms with van der Waals surface area (Å²) in [7, 11) is 0. The van der Waals surface area contributed by atoms with Crippen molar-refractivity contribution in [2.45, 2.75) is 6.54 Å². The number of nitro groups is 1. The second-order valence-electron chi connectivity index (χ2n) is 7.76. The fourth-order valence-corrected chi connectivity index (χ4v) is 4.70. The van der Waals surface area contributed by atoms with Gasteiger partial charge in [0.1, 0.15) is 11.6 Å². The lowest BCUT2D eigenvalue weighted by molar-refractivity contribution is -0.384. The van der Waals surface area contributed by atoms with E-state index in [-0.39, 0.29) is 11.3 Å². The number of benzene rings is 3. The number of nitrogens with one attached hydrogen (secondary N) is 1. The number of amides is 1. The third-order valence-electron chi connectivity index (χ3n) is 5.50. The Morgan fingerprint density at radius 1 is 1.11 bits per heavy atom. The number of anilines is 1. The van der Waals surface area contributed by atoms with Crippen molar-refractivity contribution in [2.24, 2.45) is 0 Å². The van der Waals surface area contributed by atoms with Gasteiger partial charge in [0.05, 0.1) is 15.1 Å². The van der Waals surface area contributed by atoms with E-state index < -0.39 is 10.8 Å². The molecule has 0 radical (unpaired) electrons. The number of nitrogens with zero attached hydrogens (tertiary/aromatic N) is 4. The first-order valence-corrected chi connectivity index (χ1v) is 11.4. The number of para-hydroxylation sites is 2. The second kappa shape index (κ2) is 9.21. The summed E-state index contributed by atoms with van der Waals surface area (Å²) in [6.45, 7) is 0.478. The first-order chi connectivity index (χ1) is 17.0. The van der Waals surface area contributed by atoms with E-state index in [1.165, 1.54) is 23.5 Å². The van der Waals surface area contributed by atoms with Crippen LogP contribution >= 0.6 is 11.3 Å². The number of aromatic nitrogens is 2. The van der Waals surface area contributed by atoms with Crippen molar-refractivity contribution >= 4 is 55.3 Å². The van der Waals surface area contributed by atoms with E-state index in [4.69, 9.17) is 0 Å². The van der Waals surface area contributed by atoms with Crippen molar-refractivity contribution in [3.05, 3.63) is 106 Å². The summed E-state index contributed by atoms with van der Waals surface area (Å²) in [4.78, 5) is 27.7. The zero-order valence-electron chi connectivity index (χ0n) is 18.2. The number of nitriles is 1. The molecule has 2 aromatic heterocycles. The molecule has 1 amide bonds. The number of rotatable bonds is 6. The van der Waals surface area contributed by atoms with E-state index in [0.717, 1.165) is 32.2 Å². The van der Waals surface area contributed by atoms with E-state index in [1.54, 1.807) is 18.2 Å². The quantitative estimate of drug-likeness (QED) is 0.144. The van der Waals surface area contributed by atoms with Crippen LogP contribution in [-0.4, -0.2) is 20.4 Å². The number of thiazole rings is 1. The maximum atomic E-state index is 12.8. The zero-order chi connectivity index (χ0) is 24.4. The van der Waals surface area contributed by atoms with Gasteiger partial charge in [-0.3, -0.25) is 20.2 Å². The molecule has 170 valence electrons. The molecule has 3 aromatic carbocycles. The number of non-ortho nitro benzene ring substituents is 1. The molecule has 0 aliphatic carbocycles. The van der Waals surface area contributed by atoms with Crippen LogP contribution in [0, 0.1) is 21.4 Å². The molecule has 5 rings (SSSR count). The molecule has 0 saturated heterocycles. The number of hydrogen-bond donors (Lipinski definition) is 1. The third kappa shape index (κ3) is 4.51. The van der Waals surface area contributed by atoms with Gasteiger partial charge >= 0.3 is 0 Å². The molecule has 0 aliphatic heterocycles. The fraction of sp³-hybridized carbons (Fsp3) is 0.0385. The predicted molar refractivity (Wildman–Crippen MR) is 136 cm³/mol. The average molecular weight is 480 g/mol. The maximum absolute atomic E-state index is 12.8. The standard InChI is InChI=1S/C26H17N5O3S/c27-14-18(25(32)29-26-28-22-6-2-4-8-24(22)35-26)13-19-16-30(23-7-3-1-5-21(19)23)15-17-9-11-20(12-10-17)31(33)34/h1-13,16H,15H2,(H,28,29,32)/b18-13+. The Kier molecular flexibility index (Phi) is 5.79. The molecule has 0 unspecified atom stereocenters. The zero-order valence-corrected chi connectivity index (χ0v) is 19.0. The molecule has 0 aliphatic rings. The van der Waals surface area contributed by atoms with Gasteiger partial charge in [-0.25, -0.2) is 4.98 Å². The molecule has 0 saturated carbocycles. The fourth-order valence-electron chi connectivity index (χ4n) is 3.84. The molecule has 9 heteroatoms. The summed E-state index contributed by atoms with van der Waals surface area (Å²) in [5, 5.41) is 24.7. The van der Waals surface area contributed by atoms with E-state index in [2.05, 4.69) is 10.3 Å². The molecular formula is C26H17N5O3S. The lowest BCUT2D eigenvalue weighted by atomic mass is 10.1. The van der Waals surface area contributed by atoms with Gasteiger partial charge in [-0.15, -0.1) is 0 Å². The van der Waals surface area contributed by atoms with E-state index in [1.807, 2.05) is 65.4 Å². The molecule has 1 N–H and O–H groups in total. The van der Waals surface area contributed by atoms with Crippen LogP contribution in [0.3, 0.4) is 0 Å². The largest absolute Gasteiger partial charge is 0.342 e. The van der Waals surface area contributed by atoms with Crippen LogP contribution in [0.4, 0.5) is 10.8 Å². The first-order valence-electron chi connectivity index (χ1n) is 10.6. The number of nitro benzene ring substituents is 1. The Labute approximate surface area is 203 Å². The van der Waals surface area contributed by atoms with Gasteiger partial charge < -0.3 is 4.57 Å². The molecular weight excluding hydrogens is 462 g/mol. The third-order valence-corrected chi connectivity index (χ3v) is 6.45. The van der Waals surface area contributed by atoms with Crippen LogP contribution in [-0.2, 0) is 11.3 Å². The van der Waals surface area contributed by atoms with Crippen LogP contribution in [0.15, 0.2) is 84.6 Å². The van der Waals surface area contributed by atoms with Crippen LogP contribution in [0.1, 0.15) is 11.1 Å². The summed E-state index contributed by atoms with van der Waals surface area (Å²) >= 11 is 1.34. The van der Waals surface area contributed by atoms with Crippen molar-refractivity contribution < 1.29 is 9.72 Å². The Balaban J connectivity index is 1.45. The molecule has 35 heavy (non-hydrogen) atoms. The summed E-state index contributed by atoms with van der Waals surface area (Å²) in [6.07, 6.45) is 3.44. The average Bonchev–Trinajstić information content (AvgIpc) is 3.43. The van der Waals surface area contributed by atoms with Gasteiger partial charge in [0.15, 0.2) is 5.13 Å². The monoisotopic (exact) mass is 479 g/mol. The molecule has 2 heterocycles. The van der Waals surface area contributed by atoms with Gasteiger partial charge in [-0.2, -0.15) is 5.26 Å². The van der Waals surface area contributed by atoms with Gasteiger partial charge in [0.2, 0.25) is 0 Å².